The van der Waals surface area contributed by atoms with Crippen LogP contribution in [0.5, 0.6) is 0 Å². The molecule has 2 aromatic heterocycles. The lowest BCUT2D eigenvalue weighted by Crippen LogP contribution is -2.49. The molecule has 1 amide bonds. The minimum Gasteiger partial charge on any atom is -0.421 e. The minimum atomic E-state index is 0.112. The lowest BCUT2D eigenvalue weighted by Gasteiger charge is -2.35. The van der Waals surface area contributed by atoms with E-state index >= 15 is 0 Å². The summed E-state index contributed by atoms with van der Waals surface area (Å²) in [6.45, 7) is 9.08. The van der Waals surface area contributed by atoms with E-state index in [2.05, 4.69) is 33.9 Å². The van der Waals surface area contributed by atoms with Crippen LogP contribution in [0.3, 0.4) is 0 Å². The van der Waals surface area contributed by atoms with Crippen LogP contribution >= 0.6 is 0 Å². The lowest BCUT2D eigenvalue weighted by molar-refractivity contribution is -0.131. The van der Waals surface area contributed by atoms with Crippen molar-refractivity contribution in [1.82, 2.24) is 25.1 Å². The maximum Gasteiger partial charge on any atom is 0.247 e. The van der Waals surface area contributed by atoms with E-state index < -0.39 is 0 Å². The fourth-order valence-electron chi connectivity index (χ4n) is 3.60. The van der Waals surface area contributed by atoms with Gasteiger partial charge in [-0.15, -0.1) is 10.2 Å². The first kappa shape index (κ1) is 21.0. The number of benzene rings is 1. The molecule has 162 valence electrons. The quantitative estimate of drug-likeness (QED) is 0.605. The number of aryl methyl sites for hydroxylation is 2. The number of aromatic nitrogens is 4. The average Bonchev–Trinajstić information content (AvgIpc) is 3.27. The van der Waals surface area contributed by atoms with Crippen LogP contribution in [-0.4, -0.2) is 57.2 Å². The Hall–Kier alpha value is -3.29. The molecule has 1 aromatic carbocycles. The number of amides is 1. The van der Waals surface area contributed by atoms with Gasteiger partial charge in [0.05, 0.1) is 0 Å². The van der Waals surface area contributed by atoms with Gasteiger partial charge in [0.25, 0.3) is 0 Å². The third-order valence-electron chi connectivity index (χ3n) is 5.37. The molecule has 0 atom stereocenters. The fraction of sp³-hybridized carbons (Fsp3) is 0.435. The maximum atomic E-state index is 12.7. The highest BCUT2D eigenvalue weighted by atomic mass is 16.4. The zero-order chi connectivity index (χ0) is 21.8. The van der Waals surface area contributed by atoms with E-state index in [1.165, 1.54) is 0 Å². The fourth-order valence-corrected chi connectivity index (χ4v) is 3.60. The Morgan fingerprint density at radius 2 is 1.81 bits per heavy atom. The highest BCUT2D eigenvalue weighted by Gasteiger charge is 2.23. The molecule has 1 fully saturated rings. The number of rotatable bonds is 6. The number of hydrogen-bond donors (Lipinski definition) is 0. The maximum absolute atomic E-state index is 12.7. The van der Waals surface area contributed by atoms with Gasteiger partial charge in [0, 0.05) is 62.3 Å². The van der Waals surface area contributed by atoms with Crippen molar-refractivity contribution in [3.63, 3.8) is 0 Å². The van der Waals surface area contributed by atoms with Crippen molar-refractivity contribution in [1.29, 1.82) is 0 Å². The second kappa shape index (κ2) is 9.24. The molecule has 0 spiro atoms. The van der Waals surface area contributed by atoms with E-state index in [1.807, 2.05) is 48.2 Å². The summed E-state index contributed by atoms with van der Waals surface area (Å²) in [5, 5.41) is 8.17. The van der Waals surface area contributed by atoms with Crippen LogP contribution in [0.1, 0.15) is 43.6 Å². The monoisotopic (exact) mass is 420 g/mol. The Kier molecular flexibility index (Phi) is 6.25. The van der Waals surface area contributed by atoms with Gasteiger partial charge in [0.1, 0.15) is 11.6 Å². The second-order valence-corrected chi connectivity index (χ2v) is 8.12. The predicted octanol–water partition coefficient (Wildman–Crippen LogP) is 3.24. The summed E-state index contributed by atoms with van der Waals surface area (Å²) in [6, 6.07) is 11.7. The van der Waals surface area contributed by atoms with Crippen LogP contribution in [0.4, 0.5) is 5.82 Å². The molecule has 4 rings (SSSR count). The van der Waals surface area contributed by atoms with Crippen molar-refractivity contribution in [3.8, 4) is 11.5 Å². The smallest absolute Gasteiger partial charge is 0.247 e. The van der Waals surface area contributed by atoms with Crippen molar-refractivity contribution in [3.05, 3.63) is 53.8 Å². The van der Waals surface area contributed by atoms with Gasteiger partial charge in [-0.3, -0.25) is 4.79 Å². The van der Waals surface area contributed by atoms with Crippen molar-refractivity contribution in [2.45, 2.75) is 39.5 Å². The molecule has 0 bridgehead atoms. The first-order chi connectivity index (χ1) is 15.0. The summed E-state index contributed by atoms with van der Waals surface area (Å²) in [6.07, 6.45) is 0.808. The highest BCUT2D eigenvalue weighted by molar-refractivity contribution is 5.76. The van der Waals surface area contributed by atoms with Crippen LogP contribution in [0.15, 0.2) is 40.8 Å². The van der Waals surface area contributed by atoms with Gasteiger partial charge >= 0.3 is 0 Å². The topological polar surface area (TPSA) is 88.2 Å². The summed E-state index contributed by atoms with van der Waals surface area (Å²) in [4.78, 5) is 26.1. The molecule has 3 aromatic rings. The van der Waals surface area contributed by atoms with Crippen LogP contribution in [0.25, 0.3) is 11.5 Å². The van der Waals surface area contributed by atoms with Gasteiger partial charge in [-0.25, -0.2) is 9.97 Å². The Morgan fingerprint density at radius 3 is 2.52 bits per heavy atom. The summed E-state index contributed by atoms with van der Waals surface area (Å²) in [7, 11) is 0. The molecular formula is C23H28N6O2. The van der Waals surface area contributed by atoms with E-state index in [-0.39, 0.29) is 11.8 Å². The summed E-state index contributed by atoms with van der Waals surface area (Å²) >= 11 is 0. The molecule has 1 saturated heterocycles. The van der Waals surface area contributed by atoms with Crippen molar-refractivity contribution < 1.29 is 9.21 Å². The number of anilines is 1. The normalized spacial score (nSPS) is 14.3. The van der Waals surface area contributed by atoms with Gasteiger partial charge in [0.2, 0.25) is 17.7 Å². The first-order valence-corrected chi connectivity index (χ1v) is 10.8. The van der Waals surface area contributed by atoms with Crippen molar-refractivity contribution in [2.75, 3.05) is 31.1 Å². The third-order valence-corrected chi connectivity index (χ3v) is 5.37. The number of carbonyl (C=O) groups is 1. The van der Waals surface area contributed by atoms with Crippen LogP contribution < -0.4 is 4.90 Å². The molecule has 0 unspecified atom stereocenters. The molecule has 3 heterocycles. The van der Waals surface area contributed by atoms with Gasteiger partial charge in [-0.2, -0.15) is 0 Å². The Morgan fingerprint density at radius 1 is 1.06 bits per heavy atom. The van der Waals surface area contributed by atoms with Gasteiger partial charge in [-0.1, -0.05) is 32.0 Å². The van der Waals surface area contributed by atoms with Gasteiger partial charge in [0.15, 0.2) is 0 Å². The van der Waals surface area contributed by atoms with Crippen molar-refractivity contribution >= 4 is 11.7 Å². The molecule has 1 aliphatic heterocycles. The lowest BCUT2D eigenvalue weighted by atomic mass is 10.2. The second-order valence-electron chi connectivity index (χ2n) is 8.12. The van der Waals surface area contributed by atoms with E-state index in [9.17, 15) is 4.79 Å². The molecule has 1 aliphatic rings. The molecular weight excluding hydrogens is 392 g/mol. The summed E-state index contributed by atoms with van der Waals surface area (Å²) in [5.74, 6) is 3.18. The highest BCUT2D eigenvalue weighted by Crippen LogP contribution is 2.20. The SMILES string of the molecule is Cc1cc(N2CCN(C(=O)CCc3nnc(-c4ccccc4)o3)CC2)nc(C(C)C)n1. The molecule has 0 aliphatic carbocycles. The zero-order valence-electron chi connectivity index (χ0n) is 18.3. The van der Waals surface area contributed by atoms with Crippen molar-refractivity contribution in [2.24, 2.45) is 0 Å². The Bertz CT molecular complexity index is 1030. The molecule has 31 heavy (non-hydrogen) atoms. The predicted molar refractivity (Wildman–Crippen MR) is 118 cm³/mol. The summed E-state index contributed by atoms with van der Waals surface area (Å²) < 4.78 is 5.71. The molecule has 0 saturated carbocycles. The van der Waals surface area contributed by atoms with E-state index in [0.29, 0.717) is 37.7 Å². The van der Waals surface area contributed by atoms with Crippen LogP contribution in [0, 0.1) is 6.92 Å². The third kappa shape index (κ3) is 5.07. The Labute approximate surface area is 182 Å². The van der Waals surface area contributed by atoms with E-state index in [1.54, 1.807) is 0 Å². The zero-order valence-corrected chi connectivity index (χ0v) is 18.3. The minimum absolute atomic E-state index is 0.112. The first-order valence-electron chi connectivity index (χ1n) is 10.8. The molecule has 8 heteroatoms. The molecule has 0 N–H and O–H groups in total. The number of hydrogen-bond acceptors (Lipinski definition) is 7. The van der Waals surface area contributed by atoms with Crippen LogP contribution in [0.2, 0.25) is 0 Å². The number of piperazine rings is 1. The van der Waals surface area contributed by atoms with Crippen LogP contribution in [-0.2, 0) is 11.2 Å². The number of carbonyl (C=O) groups excluding carboxylic acids is 1. The number of nitrogens with zero attached hydrogens (tertiary/aromatic N) is 6. The standard InChI is InChI=1S/C23H28N6O2/c1-16(2)22-24-17(3)15-19(25-22)28-11-13-29(14-12-28)21(30)10-9-20-26-27-23(31-20)18-7-5-4-6-8-18/h4-8,15-16H,9-14H2,1-3H3. The summed E-state index contributed by atoms with van der Waals surface area (Å²) in [5.41, 5.74) is 1.85. The largest absolute Gasteiger partial charge is 0.421 e. The molecule has 0 radical (unpaired) electrons. The van der Waals surface area contributed by atoms with E-state index in [4.69, 9.17) is 9.40 Å². The van der Waals surface area contributed by atoms with E-state index in [0.717, 1.165) is 36.0 Å². The van der Waals surface area contributed by atoms with Gasteiger partial charge < -0.3 is 14.2 Å². The Balaban J connectivity index is 1.30. The average molecular weight is 421 g/mol. The van der Waals surface area contributed by atoms with Gasteiger partial charge in [-0.05, 0) is 19.1 Å². The molecule has 8 nitrogen and oxygen atoms in total.